The molecule has 0 aromatic heterocycles. The van der Waals surface area contributed by atoms with Crippen molar-refractivity contribution in [3.8, 4) is 0 Å². The number of amides is 1. The van der Waals surface area contributed by atoms with Gasteiger partial charge in [0.2, 0.25) is 5.91 Å². The van der Waals surface area contributed by atoms with Gasteiger partial charge < -0.3 is 10.1 Å². The average Bonchev–Trinajstić information content (AvgIpc) is 2.64. The number of ether oxygens (including phenoxy) is 1. The van der Waals surface area contributed by atoms with Crippen molar-refractivity contribution in [3.63, 3.8) is 0 Å². The van der Waals surface area contributed by atoms with Gasteiger partial charge in [-0.3, -0.25) is 4.79 Å². The van der Waals surface area contributed by atoms with E-state index in [2.05, 4.69) is 10.1 Å². The number of nitrogens with one attached hydrogen (secondary N) is 1. The molecule has 0 aliphatic rings. The van der Waals surface area contributed by atoms with Crippen molar-refractivity contribution in [1.82, 2.24) is 5.32 Å². The lowest BCUT2D eigenvalue weighted by Gasteiger charge is -2.16. The molecule has 0 heterocycles. The third-order valence-corrected chi connectivity index (χ3v) is 5.65. The molecule has 1 atom stereocenters. The van der Waals surface area contributed by atoms with Gasteiger partial charge in [-0.05, 0) is 36.2 Å². The first-order chi connectivity index (χ1) is 13.2. The number of methoxy groups -OCH3 is 1. The van der Waals surface area contributed by atoms with Crippen LogP contribution >= 0.6 is 0 Å². The number of halogens is 2. The van der Waals surface area contributed by atoms with Crippen LogP contribution in [0.1, 0.15) is 12.0 Å². The molecule has 0 saturated carbocycles. The van der Waals surface area contributed by atoms with Gasteiger partial charge in [-0.15, -0.1) is 0 Å². The van der Waals surface area contributed by atoms with E-state index in [0.29, 0.717) is 6.07 Å². The Bertz CT molecular complexity index is 928. The number of hydrogen-bond acceptors (Lipinski definition) is 5. The summed E-state index contributed by atoms with van der Waals surface area (Å²) in [5.74, 6) is -3.58. The summed E-state index contributed by atoms with van der Waals surface area (Å²) in [6, 6.07) is 9.13. The molecular formula is C19H19F2NO5S. The number of carbonyl (C=O) groups is 2. The molecule has 0 aliphatic carbocycles. The van der Waals surface area contributed by atoms with E-state index < -0.39 is 45.1 Å². The SMILES string of the molecule is COC(=O)[C@H](CCS(=O)(=O)c1ccccc1)NC(=O)Cc1cc(F)cc(F)c1. The highest BCUT2D eigenvalue weighted by Crippen LogP contribution is 2.13. The van der Waals surface area contributed by atoms with Crippen molar-refractivity contribution in [2.45, 2.75) is 23.8 Å². The zero-order chi connectivity index (χ0) is 20.7. The van der Waals surface area contributed by atoms with Gasteiger partial charge in [0, 0.05) is 6.07 Å². The van der Waals surface area contributed by atoms with Crippen molar-refractivity contribution in [1.29, 1.82) is 0 Å². The van der Waals surface area contributed by atoms with E-state index in [1.807, 2.05) is 0 Å². The lowest BCUT2D eigenvalue weighted by Crippen LogP contribution is -2.43. The van der Waals surface area contributed by atoms with E-state index in [1.54, 1.807) is 18.2 Å². The summed E-state index contributed by atoms with van der Waals surface area (Å²) in [4.78, 5) is 24.2. The molecule has 0 fully saturated rings. The smallest absolute Gasteiger partial charge is 0.328 e. The quantitative estimate of drug-likeness (QED) is 0.672. The van der Waals surface area contributed by atoms with Crippen molar-refractivity contribution in [3.05, 3.63) is 65.7 Å². The van der Waals surface area contributed by atoms with Gasteiger partial charge in [-0.2, -0.15) is 0 Å². The maximum atomic E-state index is 13.2. The van der Waals surface area contributed by atoms with Crippen LogP contribution < -0.4 is 5.32 Å². The Morgan fingerprint density at radius 1 is 1.07 bits per heavy atom. The Labute approximate surface area is 161 Å². The fourth-order valence-electron chi connectivity index (χ4n) is 2.55. The molecule has 28 heavy (non-hydrogen) atoms. The van der Waals surface area contributed by atoms with Gasteiger partial charge in [0.1, 0.15) is 17.7 Å². The number of benzene rings is 2. The fourth-order valence-corrected chi connectivity index (χ4v) is 3.91. The number of carbonyl (C=O) groups excluding carboxylic acids is 2. The average molecular weight is 411 g/mol. The largest absolute Gasteiger partial charge is 0.467 e. The second kappa shape index (κ2) is 9.41. The van der Waals surface area contributed by atoms with Crippen molar-refractivity contribution >= 4 is 21.7 Å². The standard InChI is InChI=1S/C19H19F2NO5S/c1-27-19(24)17(7-8-28(25,26)16-5-3-2-4-6-16)22-18(23)11-13-9-14(20)12-15(21)10-13/h2-6,9-10,12,17H,7-8,11H2,1H3,(H,22,23)/t17-/m0/s1. The highest BCUT2D eigenvalue weighted by Gasteiger charge is 2.25. The molecule has 9 heteroatoms. The summed E-state index contributed by atoms with van der Waals surface area (Å²) in [7, 11) is -2.55. The molecule has 0 bridgehead atoms. The molecule has 1 amide bonds. The van der Waals surface area contributed by atoms with Gasteiger partial charge >= 0.3 is 5.97 Å². The third kappa shape index (κ3) is 6.12. The van der Waals surface area contributed by atoms with Crippen LogP contribution in [0.4, 0.5) is 8.78 Å². The first kappa shape index (κ1) is 21.5. The molecule has 0 aliphatic heterocycles. The Hall–Kier alpha value is -2.81. The monoisotopic (exact) mass is 411 g/mol. The summed E-state index contributed by atoms with van der Waals surface area (Å²) < 4.78 is 55.8. The van der Waals surface area contributed by atoms with E-state index in [1.165, 1.54) is 12.1 Å². The Morgan fingerprint density at radius 2 is 1.68 bits per heavy atom. The predicted molar refractivity (Wildman–Crippen MR) is 97.1 cm³/mol. The van der Waals surface area contributed by atoms with Crippen LogP contribution in [0.2, 0.25) is 0 Å². The molecule has 150 valence electrons. The van der Waals surface area contributed by atoms with Crippen molar-refractivity contribution in [2.75, 3.05) is 12.9 Å². The topological polar surface area (TPSA) is 89.5 Å². The molecular weight excluding hydrogens is 392 g/mol. The maximum Gasteiger partial charge on any atom is 0.328 e. The fraction of sp³-hybridized carbons (Fsp3) is 0.263. The third-order valence-electron chi connectivity index (χ3n) is 3.89. The highest BCUT2D eigenvalue weighted by atomic mass is 32.2. The molecule has 2 aromatic carbocycles. The van der Waals surface area contributed by atoms with Crippen LogP contribution in [0.3, 0.4) is 0 Å². The number of hydrogen-bond donors (Lipinski definition) is 1. The van der Waals surface area contributed by atoms with Crippen LogP contribution in [0, 0.1) is 11.6 Å². The lowest BCUT2D eigenvalue weighted by atomic mass is 10.1. The highest BCUT2D eigenvalue weighted by molar-refractivity contribution is 7.91. The van der Waals surface area contributed by atoms with Gasteiger partial charge in [0.25, 0.3) is 0 Å². The first-order valence-corrected chi connectivity index (χ1v) is 9.96. The Balaban J connectivity index is 2.05. The molecule has 0 radical (unpaired) electrons. The van der Waals surface area contributed by atoms with E-state index in [0.717, 1.165) is 19.2 Å². The number of sulfone groups is 1. The van der Waals surface area contributed by atoms with E-state index in [4.69, 9.17) is 0 Å². The van der Waals surface area contributed by atoms with Crippen LogP contribution in [0.25, 0.3) is 0 Å². The molecule has 2 rings (SSSR count). The number of rotatable bonds is 8. The zero-order valence-corrected chi connectivity index (χ0v) is 15.8. The molecule has 6 nitrogen and oxygen atoms in total. The minimum atomic E-state index is -3.66. The summed E-state index contributed by atoms with van der Waals surface area (Å²) in [6.45, 7) is 0. The number of esters is 1. The summed E-state index contributed by atoms with van der Waals surface area (Å²) in [5, 5.41) is 2.36. The molecule has 2 aromatic rings. The van der Waals surface area contributed by atoms with E-state index in [9.17, 15) is 26.8 Å². The summed E-state index contributed by atoms with van der Waals surface area (Å²) in [5.41, 5.74) is 0.0792. The summed E-state index contributed by atoms with van der Waals surface area (Å²) in [6.07, 6.45) is -0.596. The minimum Gasteiger partial charge on any atom is -0.467 e. The second-order valence-electron chi connectivity index (χ2n) is 6.02. The van der Waals surface area contributed by atoms with Gasteiger partial charge in [-0.1, -0.05) is 18.2 Å². The molecule has 0 spiro atoms. The van der Waals surface area contributed by atoms with Crippen molar-refractivity contribution in [2.24, 2.45) is 0 Å². The lowest BCUT2D eigenvalue weighted by molar-refractivity contribution is -0.145. The second-order valence-corrected chi connectivity index (χ2v) is 8.13. The Morgan fingerprint density at radius 3 is 2.25 bits per heavy atom. The van der Waals surface area contributed by atoms with Gasteiger partial charge in [0.15, 0.2) is 9.84 Å². The van der Waals surface area contributed by atoms with Gasteiger partial charge in [-0.25, -0.2) is 22.0 Å². The van der Waals surface area contributed by atoms with Crippen LogP contribution in [-0.2, 0) is 30.6 Å². The van der Waals surface area contributed by atoms with Gasteiger partial charge in [0.05, 0.1) is 24.2 Å². The molecule has 0 unspecified atom stereocenters. The van der Waals surface area contributed by atoms with Crippen molar-refractivity contribution < 1.29 is 31.5 Å². The normalized spacial score (nSPS) is 12.2. The van der Waals surface area contributed by atoms with Crippen LogP contribution in [0.5, 0.6) is 0 Å². The van der Waals surface area contributed by atoms with Crippen LogP contribution in [0.15, 0.2) is 53.4 Å². The maximum absolute atomic E-state index is 13.2. The summed E-state index contributed by atoms with van der Waals surface area (Å²) >= 11 is 0. The Kier molecular flexibility index (Phi) is 7.22. The minimum absolute atomic E-state index is 0.0792. The molecule has 0 saturated heterocycles. The van der Waals surface area contributed by atoms with Crippen LogP contribution in [-0.4, -0.2) is 39.2 Å². The molecule has 1 N–H and O–H groups in total. The predicted octanol–water partition coefficient (Wildman–Crippen LogP) is 2.03. The first-order valence-electron chi connectivity index (χ1n) is 8.31. The zero-order valence-electron chi connectivity index (χ0n) is 15.0. The van der Waals surface area contributed by atoms with E-state index >= 15 is 0 Å². The van der Waals surface area contributed by atoms with E-state index in [-0.39, 0.29) is 23.3 Å².